The maximum Gasteiger partial charge on any atom is 0.309 e. The van der Waals surface area contributed by atoms with Gasteiger partial charge in [0, 0.05) is 12.5 Å². The van der Waals surface area contributed by atoms with Crippen LogP contribution in [0.15, 0.2) is 42.5 Å². The predicted octanol–water partition coefficient (Wildman–Crippen LogP) is 0.995. The highest BCUT2D eigenvalue weighted by molar-refractivity contribution is 6.35. The van der Waals surface area contributed by atoms with Crippen molar-refractivity contribution in [2.24, 2.45) is 5.92 Å². The summed E-state index contributed by atoms with van der Waals surface area (Å²) in [4.78, 5) is 35.4. The van der Waals surface area contributed by atoms with Crippen molar-refractivity contribution in [1.82, 2.24) is 10.6 Å². The number of hydrogen-bond donors (Lipinski definition) is 2. The van der Waals surface area contributed by atoms with Gasteiger partial charge in [-0.05, 0) is 18.4 Å². The Labute approximate surface area is 129 Å². The van der Waals surface area contributed by atoms with Gasteiger partial charge in [0.25, 0.3) is 0 Å². The summed E-state index contributed by atoms with van der Waals surface area (Å²) in [6.07, 6.45) is 4.75. The van der Waals surface area contributed by atoms with Crippen LogP contribution in [-0.4, -0.2) is 30.2 Å². The number of carbonyl (C=O) groups excluding carboxylic acids is 3. The van der Waals surface area contributed by atoms with E-state index in [1.165, 1.54) is 0 Å². The quantitative estimate of drug-likeness (QED) is 0.643. The van der Waals surface area contributed by atoms with Crippen LogP contribution in [0.3, 0.4) is 0 Å². The van der Waals surface area contributed by atoms with Crippen LogP contribution in [0.5, 0.6) is 0 Å². The SMILES string of the molecule is CC1C=CCC(NC(=O)C(=O)NCCc2ccccc2)C1=O. The number of Topliss-reactive ketones (excluding diaryl/α,β-unsaturated/α-hetero) is 1. The molecule has 0 aromatic heterocycles. The minimum Gasteiger partial charge on any atom is -0.348 e. The van der Waals surface area contributed by atoms with E-state index in [9.17, 15) is 14.4 Å². The van der Waals surface area contributed by atoms with Crippen LogP contribution in [0.2, 0.25) is 0 Å². The van der Waals surface area contributed by atoms with Crippen LogP contribution in [0.25, 0.3) is 0 Å². The first-order valence-electron chi connectivity index (χ1n) is 7.41. The normalized spacial score (nSPS) is 20.5. The Hall–Kier alpha value is -2.43. The van der Waals surface area contributed by atoms with Crippen molar-refractivity contribution in [3.63, 3.8) is 0 Å². The molecular weight excluding hydrogens is 280 g/mol. The lowest BCUT2D eigenvalue weighted by molar-refractivity contribution is -0.140. The summed E-state index contributed by atoms with van der Waals surface area (Å²) < 4.78 is 0. The molecule has 1 aliphatic carbocycles. The van der Waals surface area contributed by atoms with Crippen molar-refractivity contribution in [2.75, 3.05) is 6.54 Å². The highest BCUT2D eigenvalue weighted by atomic mass is 16.2. The van der Waals surface area contributed by atoms with E-state index in [-0.39, 0.29) is 11.7 Å². The van der Waals surface area contributed by atoms with Gasteiger partial charge in [0.15, 0.2) is 5.78 Å². The summed E-state index contributed by atoms with van der Waals surface area (Å²) in [7, 11) is 0. The van der Waals surface area contributed by atoms with Gasteiger partial charge in [0.1, 0.15) is 0 Å². The molecule has 0 fully saturated rings. The van der Waals surface area contributed by atoms with Crippen molar-refractivity contribution in [3.05, 3.63) is 48.0 Å². The molecule has 2 N–H and O–H groups in total. The highest BCUT2D eigenvalue weighted by Gasteiger charge is 2.27. The molecule has 0 bridgehead atoms. The van der Waals surface area contributed by atoms with Gasteiger partial charge in [-0.25, -0.2) is 0 Å². The maximum absolute atomic E-state index is 11.9. The van der Waals surface area contributed by atoms with Crippen molar-refractivity contribution in [1.29, 1.82) is 0 Å². The highest BCUT2D eigenvalue weighted by Crippen LogP contribution is 2.13. The van der Waals surface area contributed by atoms with Crippen molar-refractivity contribution < 1.29 is 14.4 Å². The molecule has 116 valence electrons. The molecule has 5 heteroatoms. The number of rotatable bonds is 4. The van der Waals surface area contributed by atoms with Gasteiger partial charge < -0.3 is 10.6 Å². The van der Waals surface area contributed by atoms with Crippen molar-refractivity contribution in [3.8, 4) is 0 Å². The minimum absolute atomic E-state index is 0.0621. The van der Waals surface area contributed by atoms with E-state index in [2.05, 4.69) is 10.6 Å². The standard InChI is InChI=1S/C17H20N2O3/c1-12-6-5-9-14(15(12)20)19-17(22)16(21)18-11-10-13-7-3-2-4-8-13/h2-8,12,14H,9-11H2,1H3,(H,18,21)(H,19,22). The fourth-order valence-electron chi connectivity index (χ4n) is 2.35. The lowest BCUT2D eigenvalue weighted by Gasteiger charge is -2.21. The molecule has 0 saturated heterocycles. The van der Waals surface area contributed by atoms with Gasteiger partial charge >= 0.3 is 11.8 Å². The lowest BCUT2D eigenvalue weighted by Crippen LogP contribution is -2.49. The zero-order valence-electron chi connectivity index (χ0n) is 12.5. The molecule has 2 rings (SSSR count). The van der Waals surface area contributed by atoms with Crippen LogP contribution < -0.4 is 10.6 Å². The van der Waals surface area contributed by atoms with Gasteiger partial charge in [-0.15, -0.1) is 0 Å². The first-order chi connectivity index (χ1) is 10.6. The van der Waals surface area contributed by atoms with E-state index in [0.717, 1.165) is 5.56 Å². The second kappa shape index (κ2) is 7.54. The van der Waals surface area contributed by atoms with E-state index < -0.39 is 17.9 Å². The Kier molecular flexibility index (Phi) is 5.47. The number of amides is 2. The molecular formula is C17H20N2O3. The number of carbonyl (C=O) groups is 3. The number of nitrogens with one attached hydrogen (secondary N) is 2. The fraction of sp³-hybridized carbons (Fsp3) is 0.353. The molecule has 0 heterocycles. The monoisotopic (exact) mass is 300 g/mol. The average molecular weight is 300 g/mol. The Morgan fingerprint density at radius 3 is 2.64 bits per heavy atom. The van der Waals surface area contributed by atoms with E-state index in [1.54, 1.807) is 6.92 Å². The summed E-state index contributed by atoms with van der Waals surface area (Å²) in [5, 5.41) is 5.06. The second-order valence-electron chi connectivity index (χ2n) is 5.37. The van der Waals surface area contributed by atoms with E-state index in [0.29, 0.717) is 19.4 Å². The number of benzene rings is 1. The predicted molar refractivity (Wildman–Crippen MR) is 83.0 cm³/mol. The third-order valence-corrected chi connectivity index (χ3v) is 3.64. The summed E-state index contributed by atoms with van der Waals surface area (Å²) in [6, 6.07) is 9.08. The van der Waals surface area contributed by atoms with Crippen LogP contribution in [-0.2, 0) is 20.8 Å². The first-order valence-corrected chi connectivity index (χ1v) is 7.41. The Balaban J connectivity index is 1.76. The number of hydrogen-bond acceptors (Lipinski definition) is 3. The molecule has 1 aromatic rings. The molecule has 2 amide bonds. The molecule has 0 radical (unpaired) electrons. The van der Waals surface area contributed by atoms with Crippen molar-refractivity contribution in [2.45, 2.75) is 25.8 Å². The minimum atomic E-state index is -0.756. The largest absolute Gasteiger partial charge is 0.348 e. The summed E-state index contributed by atoms with van der Waals surface area (Å²) in [5.41, 5.74) is 1.09. The molecule has 1 aliphatic rings. The van der Waals surface area contributed by atoms with Crippen LogP contribution in [0.4, 0.5) is 0 Å². The zero-order chi connectivity index (χ0) is 15.9. The molecule has 0 aliphatic heterocycles. The smallest absolute Gasteiger partial charge is 0.309 e. The fourth-order valence-corrected chi connectivity index (χ4v) is 2.35. The van der Waals surface area contributed by atoms with Crippen LogP contribution in [0, 0.1) is 5.92 Å². The Morgan fingerprint density at radius 1 is 1.18 bits per heavy atom. The molecule has 22 heavy (non-hydrogen) atoms. The maximum atomic E-state index is 11.9. The third kappa shape index (κ3) is 4.28. The third-order valence-electron chi connectivity index (χ3n) is 3.64. The number of allylic oxidation sites excluding steroid dienone is 1. The van der Waals surface area contributed by atoms with Gasteiger partial charge in [0.05, 0.1) is 6.04 Å². The second-order valence-corrected chi connectivity index (χ2v) is 5.37. The molecule has 2 unspecified atom stereocenters. The number of ketones is 1. The molecule has 1 aromatic carbocycles. The zero-order valence-corrected chi connectivity index (χ0v) is 12.5. The van der Waals surface area contributed by atoms with E-state index in [4.69, 9.17) is 0 Å². The van der Waals surface area contributed by atoms with Crippen molar-refractivity contribution >= 4 is 17.6 Å². The Bertz CT molecular complexity index is 581. The summed E-state index contributed by atoms with van der Waals surface area (Å²) in [6.45, 7) is 2.16. The summed E-state index contributed by atoms with van der Waals surface area (Å²) >= 11 is 0. The van der Waals surface area contributed by atoms with E-state index in [1.807, 2.05) is 42.5 Å². The molecule has 5 nitrogen and oxygen atoms in total. The molecule has 0 saturated carbocycles. The topological polar surface area (TPSA) is 75.3 Å². The summed E-state index contributed by atoms with van der Waals surface area (Å²) in [5.74, 6) is -1.74. The van der Waals surface area contributed by atoms with Crippen LogP contribution in [0.1, 0.15) is 18.9 Å². The van der Waals surface area contributed by atoms with Crippen LogP contribution >= 0.6 is 0 Å². The molecule has 2 atom stereocenters. The van der Waals surface area contributed by atoms with Gasteiger partial charge in [-0.1, -0.05) is 49.4 Å². The first kappa shape index (κ1) is 15.9. The van der Waals surface area contributed by atoms with Gasteiger partial charge in [0.2, 0.25) is 0 Å². The van der Waals surface area contributed by atoms with E-state index >= 15 is 0 Å². The van der Waals surface area contributed by atoms with Gasteiger partial charge in [-0.2, -0.15) is 0 Å². The molecule has 0 spiro atoms. The lowest BCUT2D eigenvalue weighted by atomic mass is 9.92. The Morgan fingerprint density at radius 2 is 1.91 bits per heavy atom. The average Bonchev–Trinajstić information content (AvgIpc) is 2.52. The van der Waals surface area contributed by atoms with Gasteiger partial charge in [-0.3, -0.25) is 14.4 Å².